The molecule has 0 fully saturated rings. The molecule has 21 heavy (non-hydrogen) atoms. The van der Waals surface area contributed by atoms with Crippen molar-refractivity contribution in [3.05, 3.63) is 18.1 Å². The van der Waals surface area contributed by atoms with Crippen LogP contribution in [0.1, 0.15) is 39.3 Å². The van der Waals surface area contributed by atoms with E-state index in [1.807, 2.05) is 20.9 Å². The second-order valence-electron chi connectivity index (χ2n) is 4.85. The van der Waals surface area contributed by atoms with Gasteiger partial charge in [0.25, 0.3) is 0 Å². The van der Waals surface area contributed by atoms with Gasteiger partial charge in [0.15, 0.2) is 5.69 Å². The van der Waals surface area contributed by atoms with Gasteiger partial charge in [0.2, 0.25) is 5.88 Å². The summed E-state index contributed by atoms with van der Waals surface area (Å²) in [5.74, 6) is 0.123. The van der Waals surface area contributed by atoms with Crippen molar-refractivity contribution in [1.29, 1.82) is 0 Å². The first-order valence-electron chi connectivity index (χ1n) is 7.09. The monoisotopic (exact) mass is 305 g/mol. The summed E-state index contributed by atoms with van der Waals surface area (Å²) in [4.78, 5) is 9.23. The molecular weight excluding hydrogens is 283 g/mol. The predicted octanol–water partition coefficient (Wildman–Crippen LogP) is 3.38. The number of likely N-dealkylation sites (N-methyl/N-ethyl adjacent to an activating group) is 1. The van der Waals surface area contributed by atoms with Crippen LogP contribution in [0, 0.1) is 0 Å². The zero-order valence-electron chi connectivity index (χ0n) is 12.8. The molecule has 1 aromatic rings. The fraction of sp³-hybridized carbons (Fsp3) is 0.714. The smallest absolute Gasteiger partial charge is 0.434 e. The molecule has 0 aromatic carbocycles. The van der Waals surface area contributed by atoms with Crippen LogP contribution in [0.2, 0.25) is 0 Å². The molecule has 1 aromatic heterocycles. The van der Waals surface area contributed by atoms with Crippen LogP contribution in [0.4, 0.5) is 13.2 Å². The number of rotatable bonds is 7. The average molecular weight is 305 g/mol. The molecule has 0 aliphatic rings. The molecule has 0 saturated heterocycles. The highest BCUT2D eigenvalue weighted by Gasteiger charge is 2.33. The van der Waals surface area contributed by atoms with E-state index in [9.17, 15) is 13.2 Å². The summed E-state index contributed by atoms with van der Waals surface area (Å²) < 4.78 is 43.0. The average Bonchev–Trinajstić information content (AvgIpc) is 2.46. The number of hydrogen-bond donors (Lipinski definition) is 0. The molecule has 1 rings (SSSR count). The van der Waals surface area contributed by atoms with Crippen LogP contribution in [0.3, 0.4) is 0 Å². The number of hydrogen-bond acceptors (Lipinski definition) is 4. The van der Waals surface area contributed by atoms with Crippen LogP contribution in [0.5, 0.6) is 5.88 Å². The quantitative estimate of drug-likeness (QED) is 0.774. The Kier molecular flexibility index (Phi) is 6.39. The lowest BCUT2D eigenvalue weighted by molar-refractivity contribution is -0.141. The number of aromatic nitrogens is 2. The lowest BCUT2D eigenvalue weighted by Crippen LogP contribution is -2.43. The molecule has 4 nitrogen and oxygen atoms in total. The molecule has 0 amide bonds. The van der Waals surface area contributed by atoms with E-state index in [1.165, 1.54) is 0 Å². The van der Waals surface area contributed by atoms with Gasteiger partial charge < -0.3 is 9.64 Å². The standard InChI is InChI=1S/C14H22F3N3O/c1-5-10(20(4)7-3)11(6-2)21-13-9-18-12(8-19-13)14(15,16)17/h8-11H,5-7H2,1-4H3. The Morgan fingerprint density at radius 2 is 1.81 bits per heavy atom. The van der Waals surface area contributed by atoms with E-state index < -0.39 is 11.9 Å². The van der Waals surface area contributed by atoms with Crippen LogP contribution in [0.25, 0.3) is 0 Å². The first-order valence-corrected chi connectivity index (χ1v) is 7.09. The minimum atomic E-state index is -4.48. The van der Waals surface area contributed by atoms with Gasteiger partial charge in [-0.15, -0.1) is 0 Å². The molecule has 0 radical (unpaired) electrons. The summed E-state index contributed by atoms with van der Waals surface area (Å²) >= 11 is 0. The molecule has 1 heterocycles. The summed E-state index contributed by atoms with van der Waals surface area (Å²) in [6, 6.07) is 0.184. The lowest BCUT2D eigenvalue weighted by atomic mass is 10.0. The summed E-state index contributed by atoms with van der Waals surface area (Å²) in [5.41, 5.74) is -1.01. The Hall–Kier alpha value is -1.37. The highest BCUT2D eigenvalue weighted by Crippen LogP contribution is 2.27. The lowest BCUT2D eigenvalue weighted by Gasteiger charge is -2.32. The van der Waals surface area contributed by atoms with Gasteiger partial charge in [-0.3, -0.25) is 0 Å². The molecule has 7 heteroatoms. The van der Waals surface area contributed by atoms with Gasteiger partial charge in [-0.05, 0) is 26.4 Å². The first kappa shape index (κ1) is 17.7. The summed E-state index contributed by atoms with van der Waals surface area (Å²) in [5, 5.41) is 0. The van der Waals surface area contributed by atoms with E-state index in [2.05, 4.69) is 21.8 Å². The van der Waals surface area contributed by atoms with Crippen LogP contribution in [-0.2, 0) is 6.18 Å². The molecule has 0 aliphatic heterocycles. The maximum atomic E-state index is 12.4. The molecular formula is C14H22F3N3O. The van der Waals surface area contributed by atoms with Crippen molar-refractivity contribution in [2.75, 3.05) is 13.6 Å². The zero-order chi connectivity index (χ0) is 16.0. The van der Waals surface area contributed by atoms with Gasteiger partial charge >= 0.3 is 6.18 Å². The SMILES string of the molecule is CCC(Oc1cnc(C(F)(F)F)cn1)C(CC)N(C)CC. The number of alkyl halides is 3. The zero-order valence-corrected chi connectivity index (χ0v) is 12.8. The maximum Gasteiger partial charge on any atom is 0.434 e. The van der Waals surface area contributed by atoms with Crippen molar-refractivity contribution in [3.63, 3.8) is 0 Å². The molecule has 0 saturated carbocycles. The molecule has 0 N–H and O–H groups in total. The van der Waals surface area contributed by atoms with Crippen molar-refractivity contribution in [2.24, 2.45) is 0 Å². The molecule has 2 atom stereocenters. The van der Waals surface area contributed by atoms with Crippen molar-refractivity contribution in [3.8, 4) is 5.88 Å². The third kappa shape index (κ3) is 4.84. The topological polar surface area (TPSA) is 38.3 Å². The van der Waals surface area contributed by atoms with E-state index in [-0.39, 0.29) is 18.0 Å². The Labute approximate surface area is 123 Å². The first-order chi connectivity index (χ1) is 9.83. The van der Waals surface area contributed by atoms with Gasteiger partial charge in [-0.25, -0.2) is 9.97 Å². The second-order valence-corrected chi connectivity index (χ2v) is 4.85. The van der Waals surface area contributed by atoms with Gasteiger partial charge in [0, 0.05) is 6.04 Å². The van der Waals surface area contributed by atoms with Crippen LogP contribution in [0.15, 0.2) is 12.4 Å². The van der Waals surface area contributed by atoms with Gasteiger partial charge in [-0.2, -0.15) is 13.2 Å². The third-order valence-corrected chi connectivity index (χ3v) is 3.51. The highest BCUT2D eigenvalue weighted by atomic mass is 19.4. The van der Waals surface area contributed by atoms with Crippen LogP contribution >= 0.6 is 0 Å². The number of halogens is 3. The van der Waals surface area contributed by atoms with E-state index in [0.29, 0.717) is 6.20 Å². The fourth-order valence-corrected chi connectivity index (χ4v) is 2.21. The molecule has 0 bridgehead atoms. The van der Waals surface area contributed by atoms with Crippen LogP contribution < -0.4 is 4.74 Å². The largest absolute Gasteiger partial charge is 0.472 e. The van der Waals surface area contributed by atoms with E-state index in [0.717, 1.165) is 25.6 Å². The molecule has 0 aliphatic carbocycles. The van der Waals surface area contributed by atoms with Gasteiger partial charge in [0.1, 0.15) is 6.10 Å². The van der Waals surface area contributed by atoms with E-state index in [1.54, 1.807) is 0 Å². The highest BCUT2D eigenvalue weighted by molar-refractivity contribution is 5.10. The normalized spacial score (nSPS) is 15.0. The summed E-state index contributed by atoms with van der Waals surface area (Å²) in [7, 11) is 2.00. The summed E-state index contributed by atoms with van der Waals surface area (Å²) in [6.45, 7) is 6.96. The minimum absolute atomic E-state index is 0.123. The minimum Gasteiger partial charge on any atom is -0.472 e. The van der Waals surface area contributed by atoms with Crippen molar-refractivity contribution in [2.45, 2.75) is 51.9 Å². The Morgan fingerprint density at radius 3 is 2.19 bits per heavy atom. The van der Waals surface area contributed by atoms with Crippen molar-refractivity contribution < 1.29 is 17.9 Å². The summed E-state index contributed by atoms with van der Waals surface area (Å²) in [6.07, 6.45) is -1.26. The fourth-order valence-electron chi connectivity index (χ4n) is 2.21. The number of ether oxygens (including phenoxy) is 1. The predicted molar refractivity (Wildman–Crippen MR) is 74.1 cm³/mol. The second kappa shape index (κ2) is 7.59. The molecule has 0 spiro atoms. The Morgan fingerprint density at radius 1 is 1.14 bits per heavy atom. The Balaban J connectivity index is 2.81. The Bertz CT molecular complexity index is 422. The molecule has 120 valence electrons. The van der Waals surface area contributed by atoms with Gasteiger partial charge in [0.05, 0.1) is 12.4 Å². The van der Waals surface area contributed by atoms with Crippen molar-refractivity contribution in [1.82, 2.24) is 14.9 Å². The third-order valence-electron chi connectivity index (χ3n) is 3.51. The van der Waals surface area contributed by atoms with E-state index in [4.69, 9.17) is 4.74 Å². The van der Waals surface area contributed by atoms with Crippen molar-refractivity contribution >= 4 is 0 Å². The maximum absolute atomic E-state index is 12.4. The van der Waals surface area contributed by atoms with Gasteiger partial charge in [-0.1, -0.05) is 20.8 Å². The van der Waals surface area contributed by atoms with Crippen LogP contribution in [-0.4, -0.2) is 40.6 Å². The van der Waals surface area contributed by atoms with E-state index >= 15 is 0 Å². The molecule has 2 unspecified atom stereocenters. The number of nitrogens with zero attached hydrogens (tertiary/aromatic N) is 3.